The van der Waals surface area contributed by atoms with Crippen LogP contribution in [0.5, 0.6) is 0 Å². The van der Waals surface area contributed by atoms with Gasteiger partial charge in [-0.2, -0.15) is 0 Å². The molecule has 24 heavy (non-hydrogen) atoms. The summed E-state index contributed by atoms with van der Waals surface area (Å²) in [5, 5.41) is 16.7. The summed E-state index contributed by atoms with van der Waals surface area (Å²) in [4.78, 5) is 23.6. The zero-order valence-corrected chi connectivity index (χ0v) is 12.6. The topological polar surface area (TPSA) is 97.1 Å². The van der Waals surface area contributed by atoms with E-state index < -0.39 is 5.91 Å². The summed E-state index contributed by atoms with van der Waals surface area (Å²) in [5.41, 5.74) is 3.68. The van der Waals surface area contributed by atoms with Gasteiger partial charge in [-0.1, -0.05) is 47.7 Å². The average molecular weight is 322 g/mol. The number of rotatable bonds is 5. The monoisotopic (exact) mass is 322 g/mol. The number of aromatic nitrogens is 3. The van der Waals surface area contributed by atoms with Crippen LogP contribution in [0.2, 0.25) is 0 Å². The highest BCUT2D eigenvalue weighted by Gasteiger charge is 2.11. The van der Waals surface area contributed by atoms with Crippen molar-refractivity contribution in [2.24, 2.45) is 0 Å². The lowest BCUT2D eigenvalue weighted by Gasteiger charge is -2.01. The summed E-state index contributed by atoms with van der Waals surface area (Å²) in [6, 6.07) is 15.5. The number of nitrogens with one attached hydrogen (secondary N) is 1. The molecule has 0 bridgehead atoms. The van der Waals surface area contributed by atoms with E-state index in [1.807, 2.05) is 6.07 Å². The van der Waals surface area contributed by atoms with Gasteiger partial charge in [0.2, 0.25) is 0 Å². The highest BCUT2D eigenvalue weighted by atomic mass is 16.5. The SMILES string of the molecule is O=C(Cn1cc(-c2cccc(C(=O)NO)c2)nn1)c1ccccc1. The molecule has 3 aromatic rings. The van der Waals surface area contributed by atoms with Gasteiger partial charge in [0, 0.05) is 16.7 Å². The van der Waals surface area contributed by atoms with E-state index in [2.05, 4.69) is 10.3 Å². The van der Waals surface area contributed by atoms with Crippen molar-refractivity contribution in [2.45, 2.75) is 6.54 Å². The van der Waals surface area contributed by atoms with Gasteiger partial charge in [0.1, 0.15) is 12.2 Å². The standard InChI is InChI=1S/C17H14N4O3/c22-16(12-5-2-1-3-6-12)11-21-10-15(18-20-21)13-7-4-8-14(9-13)17(23)19-24/h1-10,24H,11H2,(H,19,23). The molecule has 0 spiro atoms. The van der Waals surface area contributed by atoms with Gasteiger partial charge in [-0.15, -0.1) is 5.10 Å². The van der Waals surface area contributed by atoms with Crippen LogP contribution in [0.3, 0.4) is 0 Å². The predicted octanol–water partition coefficient (Wildman–Crippen LogP) is 1.95. The first-order valence-corrected chi connectivity index (χ1v) is 7.20. The second kappa shape index (κ2) is 6.84. The first-order chi connectivity index (χ1) is 11.7. The van der Waals surface area contributed by atoms with Crippen LogP contribution in [0.4, 0.5) is 0 Å². The van der Waals surface area contributed by atoms with E-state index in [0.717, 1.165) is 0 Å². The number of Topliss-reactive ketones (excluding diaryl/α,β-unsaturated/α-hetero) is 1. The number of carbonyl (C=O) groups excluding carboxylic acids is 2. The molecule has 0 aliphatic rings. The van der Waals surface area contributed by atoms with Crippen LogP contribution in [0.25, 0.3) is 11.3 Å². The number of benzene rings is 2. The zero-order chi connectivity index (χ0) is 16.9. The lowest BCUT2D eigenvalue weighted by atomic mass is 10.1. The van der Waals surface area contributed by atoms with E-state index in [-0.39, 0.29) is 12.3 Å². The molecule has 0 saturated carbocycles. The largest absolute Gasteiger partial charge is 0.292 e. The van der Waals surface area contributed by atoms with Crippen LogP contribution in [0.1, 0.15) is 20.7 Å². The molecule has 0 aliphatic carbocycles. The van der Waals surface area contributed by atoms with Gasteiger partial charge in [-0.25, -0.2) is 10.2 Å². The van der Waals surface area contributed by atoms with Crippen molar-refractivity contribution in [3.05, 3.63) is 71.9 Å². The fraction of sp³-hybridized carbons (Fsp3) is 0.0588. The van der Waals surface area contributed by atoms with Crippen molar-refractivity contribution >= 4 is 11.7 Å². The summed E-state index contributed by atoms with van der Waals surface area (Å²) >= 11 is 0. The maximum atomic E-state index is 12.2. The molecular weight excluding hydrogens is 308 g/mol. The number of nitrogens with zero attached hydrogens (tertiary/aromatic N) is 3. The molecule has 0 aliphatic heterocycles. The van der Waals surface area contributed by atoms with Crippen LogP contribution in [-0.2, 0) is 6.54 Å². The maximum Gasteiger partial charge on any atom is 0.274 e. The second-order valence-corrected chi connectivity index (χ2v) is 5.11. The van der Waals surface area contributed by atoms with Crippen molar-refractivity contribution in [3.63, 3.8) is 0 Å². The normalized spacial score (nSPS) is 10.4. The Morgan fingerprint density at radius 2 is 1.79 bits per heavy atom. The molecule has 0 radical (unpaired) electrons. The molecule has 2 aromatic carbocycles. The maximum absolute atomic E-state index is 12.2. The number of hydrogen-bond acceptors (Lipinski definition) is 5. The Morgan fingerprint density at radius 1 is 1.04 bits per heavy atom. The van der Waals surface area contributed by atoms with Gasteiger partial charge in [0.05, 0.1) is 6.20 Å². The number of amides is 1. The summed E-state index contributed by atoms with van der Waals surface area (Å²) in [6.45, 7) is 0.0772. The minimum Gasteiger partial charge on any atom is -0.292 e. The summed E-state index contributed by atoms with van der Waals surface area (Å²) in [6.07, 6.45) is 1.64. The first-order valence-electron chi connectivity index (χ1n) is 7.20. The molecule has 1 aromatic heterocycles. The van der Waals surface area contributed by atoms with Crippen LogP contribution < -0.4 is 5.48 Å². The van der Waals surface area contributed by atoms with Gasteiger partial charge in [-0.3, -0.25) is 14.8 Å². The van der Waals surface area contributed by atoms with E-state index in [0.29, 0.717) is 22.4 Å². The number of hydrogen-bond donors (Lipinski definition) is 2. The average Bonchev–Trinajstić information content (AvgIpc) is 3.10. The molecule has 120 valence electrons. The number of hydroxylamine groups is 1. The molecule has 1 heterocycles. The Kier molecular flexibility index (Phi) is 4.44. The van der Waals surface area contributed by atoms with Crippen molar-refractivity contribution < 1.29 is 14.8 Å². The molecule has 0 fully saturated rings. The molecule has 1 amide bonds. The van der Waals surface area contributed by atoms with E-state index in [9.17, 15) is 9.59 Å². The van der Waals surface area contributed by atoms with E-state index >= 15 is 0 Å². The molecule has 0 saturated heterocycles. The number of carbonyl (C=O) groups is 2. The van der Waals surface area contributed by atoms with Crippen molar-refractivity contribution in [1.29, 1.82) is 0 Å². The fourth-order valence-electron chi connectivity index (χ4n) is 2.25. The molecule has 0 atom stereocenters. The highest BCUT2D eigenvalue weighted by molar-refractivity contribution is 5.96. The van der Waals surface area contributed by atoms with Crippen molar-refractivity contribution in [3.8, 4) is 11.3 Å². The second-order valence-electron chi connectivity index (χ2n) is 5.11. The minimum atomic E-state index is -0.608. The Bertz CT molecular complexity index is 874. The van der Waals surface area contributed by atoms with Crippen molar-refractivity contribution in [2.75, 3.05) is 0 Å². The van der Waals surface area contributed by atoms with Gasteiger partial charge in [-0.05, 0) is 12.1 Å². The Labute approximate surface area is 137 Å². The predicted molar refractivity (Wildman–Crippen MR) is 85.5 cm³/mol. The molecular formula is C17H14N4O3. The van der Waals surface area contributed by atoms with E-state index in [1.54, 1.807) is 60.2 Å². The third-order valence-corrected chi connectivity index (χ3v) is 3.46. The Balaban J connectivity index is 1.79. The minimum absolute atomic E-state index is 0.0690. The Hall–Kier alpha value is -3.32. The highest BCUT2D eigenvalue weighted by Crippen LogP contribution is 2.17. The van der Waals surface area contributed by atoms with Crippen molar-refractivity contribution in [1.82, 2.24) is 20.5 Å². The molecule has 3 rings (SSSR count). The summed E-state index contributed by atoms with van der Waals surface area (Å²) in [7, 11) is 0. The zero-order valence-electron chi connectivity index (χ0n) is 12.6. The molecule has 2 N–H and O–H groups in total. The van der Waals surface area contributed by atoms with Crippen LogP contribution in [0.15, 0.2) is 60.8 Å². The summed E-state index contributed by atoms with van der Waals surface area (Å²) < 4.78 is 1.45. The van der Waals surface area contributed by atoms with Gasteiger partial charge < -0.3 is 0 Å². The third-order valence-electron chi connectivity index (χ3n) is 3.46. The van der Waals surface area contributed by atoms with Crippen LogP contribution in [0, 0.1) is 0 Å². The lowest BCUT2D eigenvalue weighted by molar-refractivity contribution is 0.0706. The van der Waals surface area contributed by atoms with Crippen LogP contribution >= 0.6 is 0 Å². The van der Waals surface area contributed by atoms with E-state index in [4.69, 9.17) is 5.21 Å². The van der Waals surface area contributed by atoms with E-state index in [1.165, 1.54) is 4.68 Å². The quantitative estimate of drug-likeness (QED) is 0.425. The third kappa shape index (κ3) is 3.36. The molecule has 0 unspecified atom stereocenters. The summed E-state index contributed by atoms with van der Waals surface area (Å²) in [5.74, 6) is -0.677. The van der Waals surface area contributed by atoms with Gasteiger partial charge >= 0.3 is 0 Å². The van der Waals surface area contributed by atoms with Gasteiger partial charge in [0.15, 0.2) is 5.78 Å². The number of ketones is 1. The molecule has 7 heteroatoms. The molecule has 7 nitrogen and oxygen atoms in total. The first kappa shape index (κ1) is 15.6. The lowest BCUT2D eigenvalue weighted by Crippen LogP contribution is -2.18. The fourth-order valence-corrected chi connectivity index (χ4v) is 2.25. The van der Waals surface area contributed by atoms with Crippen LogP contribution in [-0.4, -0.2) is 31.9 Å². The smallest absolute Gasteiger partial charge is 0.274 e. The Morgan fingerprint density at radius 3 is 2.54 bits per heavy atom. The van der Waals surface area contributed by atoms with Gasteiger partial charge in [0.25, 0.3) is 5.91 Å².